The quantitative estimate of drug-likeness (QED) is 0.423. The van der Waals surface area contributed by atoms with Gasteiger partial charge in [-0.25, -0.2) is 4.79 Å². The van der Waals surface area contributed by atoms with E-state index in [1.54, 1.807) is 0 Å². The Labute approximate surface area is 66.0 Å². The number of carbonyl (C=O) groups excluding carboxylic acids is 1. The highest BCUT2D eigenvalue weighted by atomic mass is 16.5. The minimum Gasteiger partial charge on any atom is -0.491 e. The van der Waals surface area contributed by atoms with Crippen LogP contribution in [0, 0.1) is 0 Å². The molecule has 3 heteroatoms. The first-order chi connectivity index (χ1) is 5.03. The van der Waals surface area contributed by atoms with Crippen molar-refractivity contribution in [3.8, 4) is 0 Å². The van der Waals surface area contributed by atoms with Gasteiger partial charge in [-0.1, -0.05) is 0 Å². The summed E-state index contributed by atoms with van der Waals surface area (Å²) >= 11 is 0. The minimum absolute atomic E-state index is 0.0974. The van der Waals surface area contributed by atoms with Crippen molar-refractivity contribution in [1.82, 2.24) is 0 Å². The molecule has 62 valence electrons. The van der Waals surface area contributed by atoms with Gasteiger partial charge in [-0.3, -0.25) is 0 Å². The third-order valence-electron chi connectivity index (χ3n) is 1.49. The molecule has 1 aliphatic heterocycles. The van der Waals surface area contributed by atoms with Gasteiger partial charge in [0.05, 0.1) is 13.2 Å². The Morgan fingerprint density at radius 2 is 2.27 bits per heavy atom. The third kappa shape index (κ3) is 1.97. The van der Waals surface area contributed by atoms with Crippen LogP contribution in [0.5, 0.6) is 0 Å². The van der Waals surface area contributed by atoms with Crippen LogP contribution in [0.15, 0.2) is 11.8 Å². The Morgan fingerprint density at radius 3 is 2.64 bits per heavy atom. The zero-order chi connectivity index (χ0) is 8.48. The monoisotopic (exact) mass is 156 g/mol. The summed E-state index contributed by atoms with van der Waals surface area (Å²) in [6, 6.07) is 0. The molecular formula is C8H12O3. The van der Waals surface area contributed by atoms with Crippen LogP contribution in [0.3, 0.4) is 0 Å². The summed E-state index contributed by atoms with van der Waals surface area (Å²) in [5, 5.41) is 0. The van der Waals surface area contributed by atoms with E-state index in [0.717, 1.165) is 6.42 Å². The minimum atomic E-state index is -0.351. The molecule has 1 aliphatic rings. The molecule has 1 rings (SSSR count). The predicted octanol–water partition coefficient (Wildman–Crippen LogP) is 1.24. The number of esters is 1. The Balaban J connectivity index is 2.43. The summed E-state index contributed by atoms with van der Waals surface area (Å²) in [4.78, 5) is 10.6. The van der Waals surface area contributed by atoms with E-state index in [9.17, 15) is 4.79 Å². The predicted molar refractivity (Wildman–Crippen MR) is 39.9 cm³/mol. The van der Waals surface area contributed by atoms with Crippen LogP contribution in [0.4, 0.5) is 0 Å². The van der Waals surface area contributed by atoms with Crippen LogP contribution < -0.4 is 0 Å². The third-order valence-corrected chi connectivity index (χ3v) is 1.49. The van der Waals surface area contributed by atoms with E-state index in [0.29, 0.717) is 5.76 Å². The molecule has 0 atom stereocenters. The number of carbonyl (C=O) groups is 1. The number of rotatable bonds is 1. The van der Waals surface area contributed by atoms with Crippen molar-refractivity contribution in [2.24, 2.45) is 0 Å². The summed E-state index contributed by atoms with van der Waals surface area (Å²) in [6.07, 6.45) is 2.19. The highest BCUT2D eigenvalue weighted by molar-refractivity contribution is 5.82. The standard InChI is InChI=1S/C8H12O3/c1-8(2)5-6(11-8)4-7(9)10-3/h4H,5H2,1-3H3. The molecule has 0 bridgehead atoms. The van der Waals surface area contributed by atoms with Crippen LogP contribution >= 0.6 is 0 Å². The fraction of sp³-hybridized carbons (Fsp3) is 0.625. The molecule has 0 spiro atoms. The average molecular weight is 156 g/mol. The summed E-state index contributed by atoms with van der Waals surface area (Å²) < 4.78 is 9.69. The average Bonchev–Trinajstić information content (AvgIpc) is 1.83. The second-order valence-corrected chi connectivity index (χ2v) is 3.17. The highest BCUT2D eigenvalue weighted by Gasteiger charge is 2.33. The van der Waals surface area contributed by atoms with Crippen molar-refractivity contribution < 1.29 is 14.3 Å². The van der Waals surface area contributed by atoms with Gasteiger partial charge >= 0.3 is 5.97 Å². The number of ether oxygens (including phenoxy) is 2. The van der Waals surface area contributed by atoms with Gasteiger partial charge in [0.15, 0.2) is 0 Å². The van der Waals surface area contributed by atoms with Crippen LogP contribution in [-0.4, -0.2) is 18.7 Å². The molecule has 1 saturated heterocycles. The van der Waals surface area contributed by atoms with Crippen LogP contribution in [0.1, 0.15) is 20.3 Å². The number of hydrogen-bond donors (Lipinski definition) is 0. The zero-order valence-corrected chi connectivity index (χ0v) is 7.01. The first kappa shape index (κ1) is 8.11. The smallest absolute Gasteiger partial charge is 0.333 e. The van der Waals surface area contributed by atoms with Crippen molar-refractivity contribution in [2.75, 3.05) is 7.11 Å². The van der Waals surface area contributed by atoms with Gasteiger partial charge in [0.1, 0.15) is 11.4 Å². The topological polar surface area (TPSA) is 35.5 Å². The maximum atomic E-state index is 10.6. The van der Waals surface area contributed by atoms with E-state index in [4.69, 9.17) is 4.74 Å². The molecule has 0 aromatic heterocycles. The zero-order valence-electron chi connectivity index (χ0n) is 7.01. The molecule has 1 fully saturated rings. The summed E-state index contributed by atoms with van der Waals surface area (Å²) in [5.74, 6) is 0.359. The number of methoxy groups -OCH3 is 1. The Morgan fingerprint density at radius 1 is 1.73 bits per heavy atom. The van der Waals surface area contributed by atoms with E-state index in [1.165, 1.54) is 13.2 Å². The van der Waals surface area contributed by atoms with E-state index in [1.807, 2.05) is 13.8 Å². The fourth-order valence-corrected chi connectivity index (χ4v) is 1.04. The van der Waals surface area contributed by atoms with Crippen LogP contribution in [0.25, 0.3) is 0 Å². The first-order valence-electron chi connectivity index (χ1n) is 3.51. The lowest BCUT2D eigenvalue weighted by molar-refractivity contribution is -0.135. The highest BCUT2D eigenvalue weighted by Crippen LogP contribution is 2.34. The Bertz CT molecular complexity index is 193. The molecule has 0 radical (unpaired) electrons. The van der Waals surface area contributed by atoms with Crippen molar-refractivity contribution in [3.63, 3.8) is 0 Å². The number of hydrogen-bond acceptors (Lipinski definition) is 3. The van der Waals surface area contributed by atoms with Crippen molar-refractivity contribution in [1.29, 1.82) is 0 Å². The Kier molecular flexibility index (Phi) is 1.89. The molecule has 0 unspecified atom stereocenters. The molecule has 0 saturated carbocycles. The maximum Gasteiger partial charge on any atom is 0.333 e. The maximum absolute atomic E-state index is 10.6. The molecule has 0 N–H and O–H groups in total. The van der Waals surface area contributed by atoms with Crippen molar-refractivity contribution in [2.45, 2.75) is 25.9 Å². The molecule has 0 aromatic rings. The summed E-state index contributed by atoms with van der Waals surface area (Å²) in [6.45, 7) is 3.95. The molecule has 1 heterocycles. The lowest BCUT2D eigenvalue weighted by atomic mass is 9.97. The lowest BCUT2D eigenvalue weighted by Crippen LogP contribution is -2.35. The molecule has 0 aromatic carbocycles. The molecule has 0 amide bonds. The normalized spacial score (nSPS) is 23.7. The van der Waals surface area contributed by atoms with E-state index < -0.39 is 0 Å². The summed E-state index contributed by atoms with van der Waals surface area (Å²) in [7, 11) is 1.35. The van der Waals surface area contributed by atoms with Gasteiger partial charge < -0.3 is 9.47 Å². The van der Waals surface area contributed by atoms with Gasteiger partial charge in [-0.15, -0.1) is 0 Å². The second-order valence-electron chi connectivity index (χ2n) is 3.17. The van der Waals surface area contributed by atoms with Crippen LogP contribution in [-0.2, 0) is 14.3 Å². The Hall–Kier alpha value is -0.990. The van der Waals surface area contributed by atoms with Crippen LogP contribution in [0.2, 0.25) is 0 Å². The molecular weight excluding hydrogens is 144 g/mol. The van der Waals surface area contributed by atoms with Crippen molar-refractivity contribution in [3.05, 3.63) is 11.8 Å². The van der Waals surface area contributed by atoms with Gasteiger partial charge in [-0.2, -0.15) is 0 Å². The van der Waals surface area contributed by atoms with Gasteiger partial charge in [0.2, 0.25) is 0 Å². The molecule has 0 aliphatic carbocycles. The van der Waals surface area contributed by atoms with E-state index >= 15 is 0 Å². The van der Waals surface area contributed by atoms with Gasteiger partial charge in [0, 0.05) is 6.42 Å². The largest absolute Gasteiger partial charge is 0.491 e. The first-order valence-corrected chi connectivity index (χ1v) is 3.51. The van der Waals surface area contributed by atoms with Crippen molar-refractivity contribution >= 4 is 5.97 Å². The summed E-state index contributed by atoms with van der Waals surface area (Å²) in [5.41, 5.74) is -0.0974. The lowest BCUT2D eigenvalue weighted by Gasteiger charge is -2.38. The molecule has 11 heavy (non-hydrogen) atoms. The second kappa shape index (κ2) is 2.57. The van der Waals surface area contributed by atoms with Gasteiger partial charge in [0.25, 0.3) is 0 Å². The fourth-order valence-electron chi connectivity index (χ4n) is 1.04. The van der Waals surface area contributed by atoms with E-state index in [2.05, 4.69) is 4.74 Å². The SMILES string of the molecule is COC(=O)C=C1CC(C)(C)O1. The van der Waals surface area contributed by atoms with E-state index in [-0.39, 0.29) is 11.6 Å². The van der Waals surface area contributed by atoms with Gasteiger partial charge in [-0.05, 0) is 13.8 Å². The molecule has 3 nitrogen and oxygen atoms in total.